The summed E-state index contributed by atoms with van der Waals surface area (Å²) < 4.78 is 0. The molecular weight excluding hydrogens is 210 g/mol. The molecule has 2 heteroatoms. The van der Waals surface area contributed by atoms with Crippen molar-refractivity contribution in [3.8, 4) is 0 Å². The number of hydrogen-bond acceptors (Lipinski definition) is 2. The van der Waals surface area contributed by atoms with Gasteiger partial charge in [0, 0.05) is 12.6 Å². The first-order valence-electron chi connectivity index (χ1n) is 6.64. The van der Waals surface area contributed by atoms with Gasteiger partial charge in [0.2, 0.25) is 0 Å². The molecule has 0 spiro atoms. The van der Waals surface area contributed by atoms with Crippen LogP contribution in [-0.4, -0.2) is 18.3 Å². The van der Waals surface area contributed by atoms with Crippen molar-refractivity contribution in [1.82, 2.24) is 5.32 Å². The third kappa shape index (κ3) is 3.08. The van der Waals surface area contributed by atoms with Crippen LogP contribution in [0.2, 0.25) is 0 Å². The average Bonchev–Trinajstić information content (AvgIpc) is 2.39. The van der Waals surface area contributed by atoms with Crippen molar-refractivity contribution in [3.63, 3.8) is 0 Å². The summed E-state index contributed by atoms with van der Waals surface area (Å²) in [6.45, 7) is 5.77. The highest BCUT2D eigenvalue weighted by Crippen LogP contribution is 2.27. The van der Waals surface area contributed by atoms with Crippen LogP contribution in [0.1, 0.15) is 49.8 Å². The van der Waals surface area contributed by atoms with Gasteiger partial charge in [0.25, 0.3) is 0 Å². The molecule has 2 unspecified atom stereocenters. The van der Waals surface area contributed by atoms with Gasteiger partial charge in [-0.05, 0) is 42.3 Å². The van der Waals surface area contributed by atoms with Crippen molar-refractivity contribution >= 4 is 0 Å². The SMILES string of the molecule is CC(C)c1ccc(C2CC(CO)CCN2)cc1. The fourth-order valence-electron chi connectivity index (χ4n) is 2.53. The van der Waals surface area contributed by atoms with Crippen LogP contribution in [0.5, 0.6) is 0 Å². The Hall–Kier alpha value is -0.860. The lowest BCUT2D eigenvalue weighted by Crippen LogP contribution is -2.33. The van der Waals surface area contributed by atoms with Crippen molar-refractivity contribution in [2.24, 2.45) is 5.92 Å². The normalized spacial score (nSPS) is 25.2. The molecule has 2 atom stereocenters. The number of aliphatic hydroxyl groups excluding tert-OH is 1. The zero-order chi connectivity index (χ0) is 12.3. The maximum atomic E-state index is 9.24. The van der Waals surface area contributed by atoms with Gasteiger partial charge >= 0.3 is 0 Å². The van der Waals surface area contributed by atoms with Crippen LogP contribution in [0.4, 0.5) is 0 Å². The maximum absolute atomic E-state index is 9.24. The van der Waals surface area contributed by atoms with Gasteiger partial charge < -0.3 is 10.4 Å². The van der Waals surface area contributed by atoms with E-state index < -0.39 is 0 Å². The van der Waals surface area contributed by atoms with Crippen LogP contribution in [-0.2, 0) is 0 Å². The summed E-state index contributed by atoms with van der Waals surface area (Å²) in [5, 5.41) is 12.8. The number of benzene rings is 1. The Balaban J connectivity index is 2.06. The molecule has 0 bridgehead atoms. The van der Waals surface area contributed by atoms with E-state index in [-0.39, 0.29) is 0 Å². The molecule has 1 fully saturated rings. The fourth-order valence-corrected chi connectivity index (χ4v) is 2.53. The van der Waals surface area contributed by atoms with Crippen LogP contribution < -0.4 is 5.32 Å². The van der Waals surface area contributed by atoms with Crippen molar-refractivity contribution in [2.45, 2.75) is 38.6 Å². The summed E-state index contributed by atoms with van der Waals surface area (Å²) in [6.07, 6.45) is 2.15. The smallest absolute Gasteiger partial charge is 0.0460 e. The molecule has 2 rings (SSSR count). The number of aliphatic hydroxyl groups is 1. The minimum Gasteiger partial charge on any atom is -0.396 e. The van der Waals surface area contributed by atoms with Crippen LogP contribution in [0, 0.1) is 5.92 Å². The highest BCUT2D eigenvalue weighted by molar-refractivity contribution is 5.27. The number of nitrogens with one attached hydrogen (secondary N) is 1. The highest BCUT2D eigenvalue weighted by atomic mass is 16.3. The number of piperidine rings is 1. The zero-order valence-electron chi connectivity index (χ0n) is 10.8. The largest absolute Gasteiger partial charge is 0.396 e. The third-order valence-corrected chi connectivity index (χ3v) is 3.78. The molecule has 0 aliphatic carbocycles. The van der Waals surface area contributed by atoms with E-state index in [2.05, 4.69) is 43.4 Å². The molecule has 0 amide bonds. The zero-order valence-corrected chi connectivity index (χ0v) is 10.8. The molecule has 17 heavy (non-hydrogen) atoms. The monoisotopic (exact) mass is 233 g/mol. The van der Waals surface area contributed by atoms with Crippen LogP contribution in [0.25, 0.3) is 0 Å². The Kier molecular flexibility index (Phi) is 4.19. The summed E-state index contributed by atoms with van der Waals surface area (Å²) in [7, 11) is 0. The second kappa shape index (κ2) is 5.65. The third-order valence-electron chi connectivity index (χ3n) is 3.78. The molecule has 2 N–H and O–H groups in total. The fraction of sp³-hybridized carbons (Fsp3) is 0.600. The molecular formula is C15H23NO. The Morgan fingerprint density at radius 3 is 2.59 bits per heavy atom. The molecule has 94 valence electrons. The van der Waals surface area contributed by atoms with Crippen LogP contribution in [0.3, 0.4) is 0 Å². The molecule has 1 aliphatic rings. The topological polar surface area (TPSA) is 32.3 Å². The molecule has 2 nitrogen and oxygen atoms in total. The Morgan fingerprint density at radius 2 is 2.00 bits per heavy atom. The van der Waals surface area contributed by atoms with Gasteiger partial charge in [-0.1, -0.05) is 38.1 Å². The van der Waals surface area contributed by atoms with E-state index in [1.165, 1.54) is 11.1 Å². The lowest BCUT2D eigenvalue weighted by atomic mass is 9.88. The van der Waals surface area contributed by atoms with E-state index in [4.69, 9.17) is 0 Å². The number of hydrogen-bond donors (Lipinski definition) is 2. The molecule has 1 aliphatic heterocycles. The second-order valence-electron chi connectivity index (χ2n) is 5.40. The van der Waals surface area contributed by atoms with Gasteiger partial charge in [-0.3, -0.25) is 0 Å². The van der Waals surface area contributed by atoms with E-state index in [9.17, 15) is 5.11 Å². The standard InChI is InChI=1S/C15H23NO/c1-11(2)13-3-5-14(6-4-13)15-9-12(10-17)7-8-16-15/h3-6,11-12,15-17H,7-10H2,1-2H3. The predicted octanol–water partition coefficient (Wildman–Crippen LogP) is 2.84. The van der Waals surface area contributed by atoms with Crippen LogP contribution in [0.15, 0.2) is 24.3 Å². The Labute approximate surface area is 104 Å². The molecule has 0 aromatic heterocycles. The Bertz CT molecular complexity index is 344. The van der Waals surface area contributed by atoms with E-state index in [0.717, 1.165) is 19.4 Å². The summed E-state index contributed by atoms with van der Waals surface area (Å²) in [5.41, 5.74) is 2.75. The maximum Gasteiger partial charge on any atom is 0.0460 e. The van der Waals surface area contributed by atoms with Gasteiger partial charge in [0.15, 0.2) is 0 Å². The summed E-state index contributed by atoms with van der Waals surface area (Å²) in [5.74, 6) is 1.06. The van der Waals surface area contributed by atoms with Crippen molar-refractivity contribution in [2.75, 3.05) is 13.2 Å². The van der Waals surface area contributed by atoms with Gasteiger partial charge in [0.05, 0.1) is 0 Å². The lowest BCUT2D eigenvalue weighted by molar-refractivity contribution is 0.176. The van der Waals surface area contributed by atoms with Gasteiger partial charge in [-0.15, -0.1) is 0 Å². The minimum atomic E-state index is 0.322. The van der Waals surface area contributed by atoms with E-state index in [1.807, 2.05) is 0 Å². The molecule has 0 radical (unpaired) electrons. The van der Waals surface area contributed by atoms with E-state index >= 15 is 0 Å². The van der Waals surface area contributed by atoms with Crippen LogP contribution >= 0.6 is 0 Å². The van der Waals surface area contributed by atoms with Gasteiger partial charge in [-0.2, -0.15) is 0 Å². The quantitative estimate of drug-likeness (QED) is 0.841. The van der Waals surface area contributed by atoms with Gasteiger partial charge in [-0.25, -0.2) is 0 Å². The molecule has 1 aromatic rings. The first-order chi connectivity index (χ1) is 8.20. The van der Waals surface area contributed by atoms with Gasteiger partial charge in [0.1, 0.15) is 0 Å². The van der Waals surface area contributed by atoms with Crippen molar-refractivity contribution in [3.05, 3.63) is 35.4 Å². The molecule has 1 aromatic carbocycles. The first-order valence-corrected chi connectivity index (χ1v) is 6.64. The minimum absolute atomic E-state index is 0.322. The summed E-state index contributed by atoms with van der Waals surface area (Å²) in [4.78, 5) is 0. The van der Waals surface area contributed by atoms with E-state index in [1.54, 1.807) is 0 Å². The average molecular weight is 233 g/mol. The molecule has 1 saturated heterocycles. The molecule has 1 heterocycles. The first kappa shape index (κ1) is 12.6. The molecule has 0 saturated carbocycles. The second-order valence-corrected chi connectivity index (χ2v) is 5.40. The highest BCUT2D eigenvalue weighted by Gasteiger charge is 2.21. The van der Waals surface area contributed by atoms with Crippen molar-refractivity contribution in [1.29, 1.82) is 0 Å². The lowest BCUT2D eigenvalue weighted by Gasteiger charge is -2.29. The van der Waals surface area contributed by atoms with E-state index in [0.29, 0.717) is 24.5 Å². The van der Waals surface area contributed by atoms with Crippen molar-refractivity contribution < 1.29 is 5.11 Å². The summed E-state index contributed by atoms with van der Waals surface area (Å²) in [6, 6.07) is 9.33. The number of rotatable bonds is 3. The summed E-state index contributed by atoms with van der Waals surface area (Å²) >= 11 is 0. The Morgan fingerprint density at radius 1 is 1.29 bits per heavy atom. The predicted molar refractivity (Wildman–Crippen MR) is 71.1 cm³/mol.